The number of likely N-dealkylation sites (N-methyl/N-ethyl adjacent to an activating group) is 1. The number of benzene rings is 1. The van der Waals surface area contributed by atoms with E-state index in [4.69, 9.17) is 4.74 Å². The maximum atomic E-state index is 13.1. The van der Waals surface area contributed by atoms with Gasteiger partial charge in [-0.25, -0.2) is 4.79 Å². The second kappa shape index (κ2) is 9.06. The van der Waals surface area contributed by atoms with E-state index in [2.05, 4.69) is 5.32 Å². The van der Waals surface area contributed by atoms with E-state index in [9.17, 15) is 9.59 Å². The summed E-state index contributed by atoms with van der Waals surface area (Å²) < 4.78 is 5.36. The normalized spacial score (nSPS) is 16.6. The Morgan fingerprint density at radius 3 is 2.35 bits per heavy atom. The molecule has 1 atom stereocenters. The molecule has 5 nitrogen and oxygen atoms in total. The quantitative estimate of drug-likeness (QED) is 0.866. The smallest absolute Gasteiger partial charge is 0.408 e. The first-order chi connectivity index (χ1) is 12.3. The summed E-state index contributed by atoms with van der Waals surface area (Å²) in [6, 6.07) is 9.39. The van der Waals surface area contributed by atoms with E-state index in [0.29, 0.717) is 6.42 Å². The Bertz CT molecular complexity index is 589. The molecule has 26 heavy (non-hydrogen) atoms. The minimum Gasteiger partial charge on any atom is -0.444 e. The molecule has 1 aromatic carbocycles. The van der Waals surface area contributed by atoms with Crippen molar-refractivity contribution in [1.82, 2.24) is 10.2 Å². The molecule has 1 N–H and O–H groups in total. The molecule has 0 spiro atoms. The summed E-state index contributed by atoms with van der Waals surface area (Å²) in [5, 5.41) is 2.79. The van der Waals surface area contributed by atoms with Crippen molar-refractivity contribution < 1.29 is 14.3 Å². The SMILES string of the molecule is CN(C(=O)[C@H](Cc1ccccc1)NC(=O)OC(C)(C)C)C1CCCCC1. The zero-order chi connectivity index (χ0) is 19.2. The molecule has 1 aromatic rings. The summed E-state index contributed by atoms with van der Waals surface area (Å²) in [6.07, 6.45) is 5.53. The van der Waals surface area contributed by atoms with Crippen LogP contribution in [0.5, 0.6) is 0 Å². The van der Waals surface area contributed by atoms with Crippen molar-refractivity contribution in [2.24, 2.45) is 0 Å². The molecule has 1 fully saturated rings. The highest BCUT2D eigenvalue weighted by molar-refractivity contribution is 5.86. The summed E-state index contributed by atoms with van der Waals surface area (Å²) >= 11 is 0. The summed E-state index contributed by atoms with van der Waals surface area (Å²) in [6.45, 7) is 5.44. The third-order valence-corrected chi connectivity index (χ3v) is 4.74. The van der Waals surface area contributed by atoms with Gasteiger partial charge in [0.05, 0.1) is 0 Å². The van der Waals surface area contributed by atoms with Crippen molar-refractivity contribution >= 4 is 12.0 Å². The lowest BCUT2D eigenvalue weighted by Crippen LogP contribution is -2.52. The number of nitrogens with one attached hydrogen (secondary N) is 1. The number of nitrogens with zero attached hydrogens (tertiary/aromatic N) is 1. The first-order valence-corrected chi connectivity index (χ1v) is 9.56. The van der Waals surface area contributed by atoms with Crippen LogP contribution in [-0.4, -0.2) is 41.6 Å². The van der Waals surface area contributed by atoms with Gasteiger partial charge in [-0.2, -0.15) is 0 Å². The second-order valence-corrected chi connectivity index (χ2v) is 8.13. The maximum Gasteiger partial charge on any atom is 0.408 e. The Kier molecular flexibility index (Phi) is 7.06. The van der Waals surface area contributed by atoms with Gasteiger partial charge in [-0.1, -0.05) is 49.6 Å². The van der Waals surface area contributed by atoms with Gasteiger partial charge in [0.1, 0.15) is 11.6 Å². The molecule has 0 bridgehead atoms. The lowest BCUT2D eigenvalue weighted by Gasteiger charge is -2.34. The highest BCUT2D eigenvalue weighted by atomic mass is 16.6. The van der Waals surface area contributed by atoms with Gasteiger partial charge in [-0.05, 0) is 39.2 Å². The summed E-state index contributed by atoms with van der Waals surface area (Å²) in [5.41, 5.74) is 0.415. The van der Waals surface area contributed by atoms with Crippen LogP contribution in [0.4, 0.5) is 4.79 Å². The number of ether oxygens (including phenoxy) is 1. The average Bonchev–Trinajstić information content (AvgIpc) is 2.60. The Hall–Kier alpha value is -2.04. The van der Waals surface area contributed by atoms with Crippen molar-refractivity contribution in [2.45, 2.75) is 77.0 Å². The predicted octanol–water partition coefficient (Wildman–Crippen LogP) is 3.91. The van der Waals surface area contributed by atoms with Gasteiger partial charge in [0.2, 0.25) is 5.91 Å². The van der Waals surface area contributed by atoms with Crippen molar-refractivity contribution in [2.75, 3.05) is 7.05 Å². The minimum atomic E-state index is -0.626. The molecule has 1 saturated carbocycles. The number of hydrogen-bond acceptors (Lipinski definition) is 3. The van der Waals surface area contributed by atoms with E-state index >= 15 is 0 Å². The molecule has 0 heterocycles. The highest BCUT2D eigenvalue weighted by Gasteiger charge is 2.30. The van der Waals surface area contributed by atoms with Crippen LogP contribution in [0.1, 0.15) is 58.4 Å². The maximum absolute atomic E-state index is 13.1. The van der Waals surface area contributed by atoms with E-state index in [-0.39, 0.29) is 11.9 Å². The monoisotopic (exact) mass is 360 g/mol. The molecule has 1 aliphatic rings. The largest absolute Gasteiger partial charge is 0.444 e. The van der Waals surface area contributed by atoms with Gasteiger partial charge in [-0.15, -0.1) is 0 Å². The molecule has 5 heteroatoms. The fourth-order valence-electron chi connectivity index (χ4n) is 3.39. The fourth-order valence-corrected chi connectivity index (χ4v) is 3.39. The number of carbonyl (C=O) groups is 2. The van der Waals surface area contributed by atoms with E-state index in [1.54, 1.807) is 0 Å². The Balaban J connectivity index is 2.10. The van der Waals surface area contributed by atoms with Crippen LogP contribution in [0.2, 0.25) is 0 Å². The van der Waals surface area contributed by atoms with Crippen molar-refractivity contribution in [1.29, 1.82) is 0 Å². The number of alkyl carbamates (subject to hydrolysis) is 1. The molecule has 0 aliphatic heterocycles. The topological polar surface area (TPSA) is 58.6 Å². The van der Waals surface area contributed by atoms with E-state index < -0.39 is 17.7 Å². The van der Waals surface area contributed by atoms with E-state index in [0.717, 1.165) is 31.2 Å². The van der Waals surface area contributed by atoms with E-state index in [1.807, 2.05) is 63.1 Å². The van der Waals surface area contributed by atoms with Crippen LogP contribution in [0.15, 0.2) is 30.3 Å². The first kappa shape index (κ1) is 20.3. The van der Waals surface area contributed by atoms with E-state index in [1.165, 1.54) is 6.42 Å². The first-order valence-electron chi connectivity index (χ1n) is 9.56. The third-order valence-electron chi connectivity index (χ3n) is 4.74. The zero-order valence-electron chi connectivity index (χ0n) is 16.5. The molecule has 0 saturated heterocycles. The molecule has 144 valence electrons. The van der Waals surface area contributed by atoms with Crippen molar-refractivity contribution in [3.8, 4) is 0 Å². The van der Waals surface area contributed by atoms with Crippen LogP contribution in [0, 0.1) is 0 Å². The number of carbonyl (C=O) groups excluding carboxylic acids is 2. The fraction of sp³-hybridized carbons (Fsp3) is 0.619. The number of rotatable bonds is 5. The minimum absolute atomic E-state index is 0.0494. The van der Waals surface area contributed by atoms with Gasteiger partial charge >= 0.3 is 6.09 Å². The van der Waals surface area contributed by atoms with Crippen LogP contribution in [-0.2, 0) is 16.0 Å². The van der Waals surface area contributed by atoms with Crippen LogP contribution in [0.25, 0.3) is 0 Å². The molecule has 2 amide bonds. The summed E-state index contributed by atoms with van der Waals surface area (Å²) in [4.78, 5) is 27.2. The number of amides is 2. The molecule has 0 aromatic heterocycles. The lowest BCUT2D eigenvalue weighted by atomic mass is 9.93. The Labute approximate surface area is 157 Å². The number of hydrogen-bond donors (Lipinski definition) is 1. The molecular formula is C21H32N2O3. The predicted molar refractivity (Wildman–Crippen MR) is 103 cm³/mol. The van der Waals surface area contributed by atoms with Gasteiger partial charge in [0.25, 0.3) is 0 Å². The van der Waals surface area contributed by atoms with Crippen molar-refractivity contribution in [3.63, 3.8) is 0 Å². The van der Waals surface area contributed by atoms with Crippen molar-refractivity contribution in [3.05, 3.63) is 35.9 Å². The van der Waals surface area contributed by atoms with Gasteiger partial charge < -0.3 is 15.0 Å². The standard InChI is InChI=1S/C21H32N2O3/c1-21(2,3)26-20(25)22-18(15-16-11-7-5-8-12-16)19(24)23(4)17-13-9-6-10-14-17/h5,7-8,11-12,17-18H,6,9-10,13-15H2,1-4H3,(H,22,25)/t18-/m0/s1. The van der Waals surface area contributed by atoms with Gasteiger partial charge in [0.15, 0.2) is 0 Å². The third kappa shape index (κ3) is 6.36. The van der Waals surface area contributed by atoms with Gasteiger partial charge in [0, 0.05) is 19.5 Å². The zero-order valence-corrected chi connectivity index (χ0v) is 16.5. The average molecular weight is 360 g/mol. The molecule has 0 radical (unpaired) electrons. The van der Waals surface area contributed by atoms with Gasteiger partial charge in [-0.3, -0.25) is 4.79 Å². The highest BCUT2D eigenvalue weighted by Crippen LogP contribution is 2.22. The molecule has 2 rings (SSSR count). The molecule has 0 unspecified atom stereocenters. The molecule has 1 aliphatic carbocycles. The summed E-state index contributed by atoms with van der Waals surface area (Å²) in [5.74, 6) is -0.0494. The van der Waals surface area contributed by atoms with Crippen LogP contribution >= 0.6 is 0 Å². The Morgan fingerprint density at radius 2 is 1.77 bits per heavy atom. The molecular weight excluding hydrogens is 328 g/mol. The van der Waals surface area contributed by atoms with Crippen LogP contribution in [0.3, 0.4) is 0 Å². The lowest BCUT2D eigenvalue weighted by molar-refractivity contribution is -0.134. The van der Waals surface area contributed by atoms with Crippen LogP contribution < -0.4 is 5.32 Å². The summed E-state index contributed by atoms with van der Waals surface area (Å²) in [7, 11) is 1.85. The Morgan fingerprint density at radius 1 is 1.15 bits per heavy atom. The second-order valence-electron chi connectivity index (χ2n) is 8.13.